The van der Waals surface area contributed by atoms with Crippen LogP contribution in [0.15, 0.2) is 22.8 Å². The number of sulfonamides is 1. The summed E-state index contributed by atoms with van der Waals surface area (Å²) in [5.74, 6) is 0.499. The number of carbonyl (C=O) groups is 1. The highest BCUT2D eigenvalue weighted by atomic mass is 32.2. The Morgan fingerprint density at radius 2 is 2.32 bits per heavy atom. The zero-order valence-electron chi connectivity index (χ0n) is 11.1. The molecule has 1 aromatic heterocycles. The summed E-state index contributed by atoms with van der Waals surface area (Å²) in [7, 11) is -1.67. The van der Waals surface area contributed by atoms with Gasteiger partial charge < -0.3 is 9.32 Å². The van der Waals surface area contributed by atoms with Gasteiger partial charge in [-0.2, -0.15) is 4.31 Å². The summed E-state index contributed by atoms with van der Waals surface area (Å²) in [5.41, 5.74) is 0. The second-order valence-corrected chi connectivity index (χ2v) is 6.74. The number of likely N-dealkylation sites (N-methyl/N-ethyl adjacent to an activating group) is 1. The SMILES string of the molecule is CN(Cc1ccco1)C(=O)[C@@H]1CCCN1S(C)(=O)=O. The average Bonchev–Trinajstić information content (AvgIpc) is 2.96. The molecule has 19 heavy (non-hydrogen) atoms. The van der Waals surface area contributed by atoms with Gasteiger partial charge in [-0.05, 0) is 25.0 Å². The van der Waals surface area contributed by atoms with E-state index in [2.05, 4.69) is 0 Å². The molecule has 0 unspecified atom stereocenters. The Hall–Kier alpha value is -1.34. The summed E-state index contributed by atoms with van der Waals surface area (Å²) >= 11 is 0. The van der Waals surface area contributed by atoms with E-state index in [4.69, 9.17) is 4.42 Å². The second-order valence-electron chi connectivity index (χ2n) is 4.81. The molecule has 1 amide bonds. The average molecular weight is 286 g/mol. The predicted octanol–water partition coefficient (Wildman–Crippen LogP) is 0.662. The van der Waals surface area contributed by atoms with Gasteiger partial charge in [0.05, 0.1) is 19.1 Å². The van der Waals surface area contributed by atoms with Crippen molar-refractivity contribution in [2.45, 2.75) is 25.4 Å². The van der Waals surface area contributed by atoms with Crippen LogP contribution in [0.2, 0.25) is 0 Å². The van der Waals surface area contributed by atoms with Crippen molar-refractivity contribution in [3.8, 4) is 0 Å². The molecule has 0 spiro atoms. The van der Waals surface area contributed by atoms with Crippen molar-refractivity contribution in [2.24, 2.45) is 0 Å². The molecule has 0 aromatic carbocycles. The van der Waals surface area contributed by atoms with E-state index in [-0.39, 0.29) is 5.91 Å². The molecular weight excluding hydrogens is 268 g/mol. The van der Waals surface area contributed by atoms with Crippen LogP contribution in [-0.2, 0) is 21.4 Å². The standard InChI is InChI=1S/C12H18N2O4S/c1-13(9-10-5-4-8-18-10)12(15)11-6-3-7-14(11)19(2,16)17/h4-5,8,11H,3,6-7,9H2,1-2H3/t11-/m0/s1. The number of nitrogens with zero attached hydrogens (tertiary/aromatic N) is 2. The van der Waals surface area contributed by atoms with Crippen LogP contribution in [0, 0.1) is 0 Å². The van der Waals surface area contributed by atoms with E-state index in [0.717, 1.165) is 12.7 Å². The number of hydrogen-bond acceptors (Lipinski definition) is 4. The van der Waals surface area contributed by atoms with Gasteiger partial charge in [-0.15, -0.1) is 0 Å². The Balaban J connectivity index is 2.06. The maximum absolute atomic E-state index is 12.3. The second kappa shape index (κ2) is 5.34. The number of furan rings is 1. The topological polar surface area (TPSA) is 70.8 Å². The summed E-state index contributed by atoms with van der Waals surface area (Å²) in [6.45, 7) is 0.768. The minimum absolute atomic E-state index is 0.181. The fourth-order valence-electron chi connectivity index (χ4n) is 2.35. The smallest absolute Gasteiger partial charge is 0.241 e. The van der Waals surface area contributed by atoms with E-state index < -0.39 is 16.1 Å². The maximum Gasteiger partial charge on any atom is 0.241 e. The normalized spacial score (nSPS) is 20.6. The van der Waals surface area contributed by atoms with E-state index in [1.165, 1.54) is 9.21 Å². The Morgan fingerprint density at radius 1 is 1.58 bits per heavy atom. The monoisotopic (exact) mass is 286 g/mol. The minimum atomic E-state index is -3.33. The lowest BCUT2D eigenvalue weighted by Gasteiger charge is -2.25. The molecule has 1 aliphatic rings. The van der Waals surface area contributed by atoms with Crippen molar-refractivity contribution >= 4 is 15.9 Å². The lowest BCUT2D eigenvalue weighted by molar-refractivity contribution is -0.134. The van der Waals surface area contributed by atoms with Crippen molar-refractivity contribution in [1.82, 2.24) is 9.21 Å². The molecule has 1 fully saturated rings. The quantitative estimate of drug-likeness (QED) is 0.815. The van der Waals surface area contributed by atoms with E-state index in [9.17, 15) is 13.2 Å². The highest BCUT2D eigenvalue weighted by molar-refractivity contribution is 7.88. The molecule has 7 heteroatoms. The fourth-order valence-corrected chi connectivity index (χ4v) is 3.47. The van der Waals surface area contributed by atoms with Crippen LogP contribution < -0.4 is 0 Å². The molecule has 1 aromatic rings. The Labute approximate surface area is 113 Å². The van der Waals surface area contributed by atoms with Gasteiger partial charge in [-0.3, -0.25) is 4.79 Å². The molecule has 106 valence electrons. The van der Waals surface area contributed by atoms with Crippen molar-refractivity contribution < 1.29 is 17.6 Å². The molecule has 1 atom stereocenters. The highest BCUT2D eigenvalue weighted by Gasteiger charge is 2.37. The minimum Gasteiger partial charge on any atom is -0.467 e. The first-order valence-corrected chi connectivity index (χ1v) is 7.98. The van der Waals surface area contributed by atoms with Crippen LogP contribution in [0.25, 0.3) is 0 Å². The lowest BCUT2D eigenvalue weighted by Crippen LogP contribution is -2.45. The first-order chi connectivity index (χ1) is 8.89. The van der Waals surface area contributed by atoms with Crippen LogP contribution in [0.4, 0.5) is 0 Å². The third-order valence-corrected chi connectivity index (χ3v) is 4.55. The van der Waals surface area contributed by atoms with Crippen molar-refractivity contribution in [2.75, 3.05) is 19.8 Å². The maximum atomic E-state index is 12.3. The van der Waals surface area contributed by atoms with E-state index in [0.29, 0.717) is 25.3 Å². The van der Waals surface area contributed by atoms with Gasteiger partial charge in [0.2, 0.25) is 15.9 Å². The van der Waals surface area contributed by atoms with Crippen LogP contribution in [0.3, 0.4) is 0 Å². The Kier molecular flexibility index (Phi) is 3.96. The van der Waals surface area contributed by atoms with Gasteiger partial charge in [0.25, 0.3) is 0 Å². The Bertz CT molecular complexity index is 538. The zero-order chi connectivity index (χ0) is 14.0. The van der Waals surface area contributed by atoms with Crippen LogP contribution in [0.1, 0.15) is 18.6 Å². The van der Waals surface area contributed by atoms with Crippen LogP contribution >= 0.6 is 0 Å². The van der Waals surface area contributed by atoms with Gasteiger partial charge in [0, 0.05) is 13.6 Å². The van der Waals surface area contributed by atoms with E-state index in [1.54, 1.807) is 25.4 Å². The Morgan fingerprint density at radius 3 is 2.89 bits per heavy atom. The molecule has 2 heterocycles. The molecule has 0 bridgehead atoms. The molecule has 6 nitrogen and oxygen atoms in total. The fraction of sp³-hybridized carbons (Fsp3) is 0.583. The molecule has 0 N–H and O–H groups in total. The van der Waals surface area contributed by atoms with Crippen molar-refractivity contribution in [3.63, 3.8) is 0 Å². The number of rotatable bonds is 4. The number of hydrogen-bond donors (Lipinski definition) is 0. The van der Waals surface area contributed by atoms with Gasteiger partial charge in [0.1, 0.15) is 11.8 Å². The first kappa shape index (κ1) is 14.1. The summed E-state index contributed by atoms with van der Waals surface area (Å²) < 4.78 is 29.7. The molecule has 1 aliphatic heterocycles. The van der Waals surface area contributed by atoms with Gasteiger partial charge in [-0.1, -0.05) is 0 Å². The van der Waals surface area contributed by atoms with Gasteiger partial charge in [-0.25, -0.2) is 8.42 Å². The van der Waals surface area contributed by atoms with Crippen molar-refractivity contribution in [1.29, 1.82) is 0 Å². The molecule has 2 rings (SSSR count). The van der Waals surface area contributed by atoms with E-state index in [1.807, 2.05) is 0 Å². The van der Waals surface area contributed by atoms with Crippen molar-refractivity contribution in [3.05, 3.63) is 24.2 Å². The van der Waals surface area contributed by atoms with Crippen LogP contribution in [0.5, 0.6) is 0 Å². The summed E-state index contributed by atoms with van der Waals surface area (Å²) in [6, 6.07) is 2.97. The summed E-state index contributed by atoms with van der Waals surface area (Å²) in [5, 5.41) is 0. The lowest BCUT2D eigenvalue weighted by atomic mass is 10.2. The van der Waals surface area contributed by atoms with E-state index >= 15 is 0 Å². The molecular formula is C12H18N2O4S. The zero-order valence-corrected chi connectivity index (χ0v) is 11.9. The number of amides is 1. The summed E-state index contributed by atoms with van der Waals surface area (Å²) in [6.07, 6.45) is 3.99. The molecule has 0 aliphatic carbocycles. The van der Waals surface area contributed by atoms with Crippen LogP contribution in [-0.4, -0.2) is 49.4 Å². The van der Waals surface area contributed by atoms with Gasteiger partial charge in [0.15, 0.2) is 0 Å². The number of carbonyl (C=O) groups excluding carboxylic acids is 1. The molecule has 0 saturated carbocycles. The molecule has 1 saturated heterocycles. The third kappa shape index (κ3) is 3.16. The summed E-state index contributed by atoms with van der Waals surface area (Å²) in [4.78, 5) is 13.8. The first-order valence-electron chi connectivity index (χ1n) is 6.14. The highest BCUT2D eigenvalue weighted by Crippen LogP contribution is 2.22. The predicted molar refractivity (Wildman–Crippen MR) is 69.8 cm³/mol. The molecule has 0 radical (unpaired) electrons. The largest absolute Gasteiger partial charge is 0.467 e. The third-order valence-electron chi connectivity index (χ3n) is 3.26. The van der Waals surface area contributed by atoms with Gasteiger partial charge >= 0.3 is 0 Å².